The van der Waals surface area contributed by atoms with Crippen LogP contribution in [-0.4, -0.2) is 28.7 Å². The van der Waals surface area contributed by atoms with Crippen molar-refractivity contribution in [1.29, 1.82) is 0 Å². The largest absolute Gasteiger partial charge is 0.341 e. The predicted molar refractivity (Wildman–Crippen MR) is 51.2 cm³/mol. The first-order valence-electron chi connectivity index (χ1n) is 4.61. The average molecular weight is 232 g/mol. The molecule has 2 rings (SSSR count). The molecule has 0 aromatic rings. The highest BCUT2D eigenvalue weighted by Gasteiger charge is 2.42. The van der Waals surface area contributed by atoms with E-state index >= 15 is 0 Å². The van der Waals surface area contributed by atoms with Gasteiger partial charge >= 0.3 is 0 Å². The number of carbonyl (C=O) groups is 1. The molecular formula is C9H14BrNO. The fourth-order valence-corrected chi connectivity index (χ4v) is 2.37. The van der Waals surface area contributed by atoms with Crippen molar-refractivity contribution < 1.29 is 4.79 Å². The van der Waals surface area contributed by atoms with Gasteiger partial charge in [-0.1, -0.05) is 22.9 Å². The molecule has 0 N–H and O–H groups in total. The number of hydrogen-bond donors (Lipinski definition) is 0. The molecule has 1 heterocycles. The fraction of sp³-hybridized carbons (Fsp3) is 0.889. The van der Waals surface area contributed by atoms with E-state index in [4.69, 9.17) is 0 Å². The molecule has 0 aromatic carbocycles. The minimum atomic E-state index is 0.364. The lowest BCUT2D eigenvalue weighted by Gasteiger charge is -2.14. The van der Waals surface area contributed by atoms with Crippen LogP contribution in [0.2, 0.25) is 0 Å². The molecule has 0 bridgehead atoms. The maximum absolute atomic E-state index is 11.7. The quantitative estimate of drug-likeness (QED) is 0.629. The van der Waals surface area contributed by atoms with Gasteiger partial charge in [0.05, 0.1) is 0 Å². The molecule has 3 atom stereocenters. The van der Waals surface area contributed by atoms with Gasteiger partial charge < -0.3 is 4.90 Å². The highest BCUT2D eigenvalue weighted by Crippen LogP contribution is 2.39. The zero-order chi connectivity index (χ0) is 8.72. The molecule has 0 aromatic heterocycles. The highest BCUT2D eigenvalue weighted by molar-refractivity contribution is 9.09. The molecule has 1 amide bonds. The Hall–Kier alpha value is -0.0500. The van der Waals surface area contributed by atoms with Crippen LogP contribution in [0.15, 0.2) is 0 Å². The van der Waals surface area contributed by atoms with Crippen molar-refractivity contribution in [3.63, 3.8) is 0 Å². The Bertz CT molecular complexity index is 207. The van der Waals surface area contributed by atoms with Crippen LogP contribution in [0.25, 0.3) is 0 Å². The van der Waals surface area contributed by atoms with Crippen LogP contribution in [0, 0.1) is 11.8 Å². The summed E-state index contributed by atoms with van der Waals surface area (Å²) in [4.78, 5) is 14.2. The van der Waals surface area contributed by atoms with Crippen LogP contribution in [0.5, 0.6) is 0 Å². The third-order valence-corrected chi connectivity index (χ3v) is 3.62. The molecule has 3 unspecified atom stereocenters. The first-order valence-corrected chi connectivity index (χ1v) is 5.53. The second-order valence-electron chi connectivity index (χ2n) is 3.99. The standard InChI is InChI=1S/C9H14BrNO/c1-6-4-8(6)9(12)11-3-2-7(10)5-11/h6-8H,2-5H2,1H3. The van der Waals surface area contributed by atoms with Crippen LogP contribution in [0.4, 0.5) is 0 Å². The predicted octanol–water partition coefficient (Wildman–Crippen LogP) is 1.64. The lowest BCUT2D eigenvalue weighted by atomic mass is 10.3. The summed E-state index contributed by atoms with van der Waals surface area (Å²) in [5.74, 6) is 1.40. The van der Waals surface area contributed by atoms with Crippen LogP contribution in [-0.2, 0) is 4.79 Å². The third-order valence-electron chi connectivity index (χ3n) is 2.87. The topological polar surface area (TPSA) is 20.3 Å². The Balaban J connectivity index is 1.89. The highest BCUT2D eigenvalue weighted by atomic mass is 79.9. The monoisotopic (exact) mass is 231 g/mol. The molecule has 1 aliphatic carbocycles. The molecule has 0 spiro atoms. The molecule has 12 heavy (non-hydrogen) atoms. The smallest absolute Gasteiger partial charge is 0.225 e. The van der Waals surface area contributed by atoms with Gasteiger partial charge in [0.2, 0.25) is 5.91 Å². The number of carbonyl (C=O) groups excluding carboxylic acids is 1. The van der Waals surface area contributed by atoms with Crippen molar-refractivity contribution in [2.45, 2.75) is 24.6 Å². The Morgan fingerprint density at radius 3 is 2.67 bits per heavy atom. The summed E-state index contributed by atoms with van der Waals surface area (Å²) < 4.78 is 0. The van der Waals surface area contributed by atoms with E-state index in [2.05, 4.69) is 22.9 Å². The first-order chi connectivity index (χ1) is 5.68. The third kappa shape index (κ3) is 1.51. The number of halogens is 1. The number of alkyl halides is 1. The van der Waals surface area contributed by atoms with Gasteiger partial charge in [-0.2, -0.15) is 0 Å². The molecule has 0 radical (unpaired) electrons. The number of hydrogen-bond acceptors (Lipinski definition) is 1. The normalized spacial score (nSPS) is 40.2. The maximum Gasteiger partial charge on any atom is 0.225 e. The van der Waals surface area contributed by atoms with Crippen molar-refractivity contribution in [2.24, 2.45) is 11.8 Å². The van der Waals surface area contributed by atoms with Crippen molar-refractivity contribution in [2.75, 3.05) is 13.1 Å². The van der Waals surface area contributed by atoms with Gasteiger partial charge in [0.1, 0.15) is 0 Å². The molecule has 1 saturated carbocycles. The molecule has 1 saturated heterocycles. The lowest BCUT2D eigenvalue weighted by Crippen LogP contribution is -2.30. The molecule has 1 aliphatic heterocycles. The summed E-state index contributed by atoms with van der Waals surface area (Å²) in [7, 11) is 0. The zero-order valence-electron chi connectivity index (χ0n) is 7.29. The van der Waals surface area contributed by atoms with Crippen molar-refractivity contribution in [1.82, 2.24) is 4.90 Å². The molecular weight excluding hydrogens is 218 g/mol. The van der Waals surface area contributed by atoms with E-state index in [1.54, 1.807) is 0 Å². The van der Waals surface area contributed by atoms with Gasteiger partial charge in [-0.05, 0) is 18.8 Å². The fourth-order valence-electron chi connectivity index (χ4n) is 1.82. The molecule has 2 fully saturated rings. The molecule has 68 valence electrons. The van der Waals surface area contributed by atoms with Crippen molar-refractivity contribution in [3.8, 4) is 0 Å². The molecule has 2 nitrogen and oxygen atoms in total. The maximum atomic E-state index is 11.7. The van der Waals surface area contributed by atoms with E-state index in [1.807, 2.05) is 4.90 Å². The lowest BCUT2D eigenvalue weighted by molar-refractivity contribution is -0.131. The summed E-state index contributed by atoms with van der Waals surface area (Å²) >= 11 is 3.54. The van der Waals surface area contributed by atoms with Crippen molar-refractivity contribution >= 4 is 21.8 Å². The number of amides is 1. The van der Waals surface area contributed by atoms with Gasteiger partial charge in [-0.15, -0.1) is 0 Å². The second-order valence-corrected chi connectivity index (χ2v) is 5.28. The zero-order valence-corrected chi connectivity index (χ0v) is 8.88. The van der Waals surface area contributed by atoms with Gasteiger partial charge in [0.15, 0.2) is 0 Å². The van der Waals surface area contributed by atoms with E-state index in [0.29, 0.717) is 22.6 Å². The summed E-state index contributed by atoms with van der Waals surface area (Å²) in [5, 5.41) is 0. The Kier molecular flexibility index (Phi) is 2.15. The van der Waals surface area contributed by atoms with Crippen molar-refractivity contribution in [3.05, 3.63) is 0 Å². The second kappa shape index (κ2) is 3.02. The van der Waals surface area contributed by atoms with Crippen LogP contribution in [0.3, 0.4) is 0 Å². The van der Waals surface area contributed by atoms with Crippen LogP contribution >= 0.6 is 15.9 Å². The summed E-state index contributed by atoms with van der Waals surface area (Å²) in [6, 6.07) is 0. The number of likely N-dealkylation sites (tertiary alicyclic amines) is 1. The number of nitrogens with zero attached hydrogens (tertiary/aromatic N) is 1. The van der Waals surface area contributed by atoms with E-state index in [1.165, 1.54) is 0 Å². The Labute approximate surface area is 81.4 Å². The number of rotatable bonds is 1. The summed E-state index contributed by atoms with van der Waals surface area (Å²) in [6.45, 7) is 4.03. The van der Waals surface area contributed by atoms with E-state index in [9.17, 15) is 4.79 Å². The summed E-state index contributed by atoms with van der Waals surface area (Å²) in [5.41, 5.74) is 0. The first kappa shape index (κ1) is 8.54. The Morgan fingerprint density at radius 1 is 1.58 bits per heavy atom. The van der Waals surface area contributed by atoms with E-state index in [-0.39, 0.29) is 0 Å². The minimum Gasteiger partial charge on any atom is -0.341 e. The van der Waals surface area contributed by atoms with Gasteiger partial charge in [-0.3, -0.25) is 4.79 Å². The van der Waals surface area contributed by atoms with Gasteiger partial charge in [0.25, 0.3) is 0 Å². The van der Waals surface area contributed by atoms with Gasteiger partial charge in [-0.25, -0.2) is 0 Å². The molecule has 2 aliphatic rings. The van der Waals surface area contributed by atoms with Crippen LogP contribution in [0.1, 0.15) is 19.8 Å². The van der Waals surface area contributed by atoms with Crippen LogP contribution < -0.4 is 0 Å². The SMILES string of the molecule is CC1CC1C(=O)N1CCC(Br)C1. The van der Waals surface area contributed by atoms with E-state index in [0.717, 1.165) is 25.9 Å². The average Bonchev–Trinajstić information content (AvgIpc) is 2.58. The van der Waals surface area contributed by atoms with Gasteiger partial charge in [0, 0.05) is 23.8 Å². The minimum absolute atomic E-state index is 0.364. The summed E-state index contributed by atoms with van der Waals surface area (Å²) in [6.07, 6.45) is 2.23. The van der Waals surface area contributed by atoms with E-state index < -0.39 is 0 Å². The Morgan fingerprint density at radius 2 is 2.25 bits per heavy atom. The molecule has 3 heteroatoms.